The zero-order chi connectivity index (χ0) is 16.7. The van der Waals surface area contributed by atoms with Crippen LogP contribution in [0.2, 0.25) is 0 Å². The van der Waals surface area contributed by atoms with E-state index < -0.39 is 5.97 Å². The van der Waals surface area contributed by atoms with Crippen LogP contribution in [0.1, 0.15) is 37.0 Å². The van der Waals surface area contributed by atoms with E-state index in [2.05, 4.69) is 10.4 Å². The molecule has 0 saturated heterocycles. The number of rotatable bonds is 7. The average molecular weight is 315 g/mol. The molecule has 0 aliphatic carbocycles. The number of benzene rings is 1. The molecule has 23 heavy (non-hydrogen) atoms. The molecule has 1 amide bonds. The van der Waals surface area contributed by atoms with Crippen molar-refractivity contribution in [2.75, 3.05) is 6.61 Å². The first kappa shape index (κ1) is 16.7. The van der Waals surface area contributed by atoms with Gasteiger partial charge < -0.3 is 10.1 Å². The Bertz CT molecular complexity index is 652. The molecule has 0 bridgehead atoms. The summed E-state index contributed by atoms with van der Waals surface area (Å²) < 4.78 is 6.60. The second-order valence-electron chi connectivity index (χ2n) is 5.34. The number of esters is 1. The zero-order valence-corrected chi connectivity index (χ0v) is 13.4. The van der Waals surface area contributed by atoms with Crippen molar-refractivity contribution in [3.8, 4) is 5.69 Å². The summed E-state index contributed by atoms with van der Waals surface area (Å²) in [5.74, 6) is -0.861. The minimum atomic E-state index is -0.564. The number of carbonyl (C=O) groups excluding carboxylic acids is 2. The van der Waals surface area contributed by atoms with Gasteiger partial charge in [0.2, 0.25) is 0 Å². The van der Waals surface area contributed by atoms with Crippen LogP contribution in [-0.2, 0) is 9.53 Å². The van der Waals surface area contributed by atoms with Gasteiger partial charge in [0.25, 0.3) is 5.91 Å². The molecule has 0 unspecified atom stereocenters. The van der Waals surface area contributed by atoms with Gasteiger partial charge in [-0.2, -0.15) is 5.10 Å². The van der Waals surface area contributed by atoms with Crippen LogP contribution in [0, 0.1) is 0 Å². The van der Waals surface area contributed by atoms with Gasteiger partial charge in [-0.15, -0.1) is 0 Å². The van der Waals surface area contributed by atoms with E-state index in [4.69, 9.17) is 4.74 Å². The van der Waals surface area contributed by atoms with Crippen LogP contribution in [-0.4, -0.2) is 34.3 Å². The van der Waals surface area contributed by atoms with E-state index in [0.717, 1.165) is 18.5 Å². The molecule has 1 atom stereocenters. The number of aromatic nitrogens is 2. The van der Waals surface area contributed by atoms with Gasteiger partial charge in [0.1, 0.15) is 0 Å². The molecule has 1 N–H and O–H groups in total. The Morgan fingerprint density at radius 2 is 2.04 bits per heavy atom. The monoisotopic (exact) mass is 315 g/mol. The maximum absolute atomic E-state index is 11.9. The number of para-hydroxylation sites is 1. The number of hydrogen-bond acceptors (Lipinski definition) is 4. The number of nitrogens with zero attached hydrogens (tertiary/aromatic N) is 2. The number of ether oxygens (including phenoxy) is 1. The van der Waals surface area contributed by atoms with Crippen molar-refractivity contribution in [2.24, 2.45) is 0 Å². The summed E-state index contributed by atoms with van der Waals surface area (Å²) in [6.07, 6.45) is 4.88. The zero-order valence-electron chi connectivity index (χ0n) is 13.4. The quantitative estimate of drug-likeness (QED) is 0.796. The van der Waals surface area contributed by atoms with E-state index in [1.54, 1.807) is 10.9 Å². The first-order chi connectivity index (χ1) is 11.1. The molecular formula is C17H21N3O3. The lowest BCUT2D eigenvalue weighted by atomic mass is 10.2. The van der Waals surface area contributed by atoms with Gasteiger partial charge in [0.15, 0.2) is 6.61 Å². The summed E-state index contributed by atoms with van der Waals surface area (Å²) in [6, 6.07) is 9.51. The molecule has 0 radical (unpaired) electrons. The fourth-order valence-corrected chi connectivity index (χ4v) is 2.19. The molecule has 6 heteroatoms. The van der Waals surface area contributed by atoms with Crippen LogP contribution in [0.3, 0.4) is 0 Å². The van der Waals surface area contributed by atoms with E-state index in [1.807, 2.05) is 44.2 Å². The summed E-state index contributed by atoms with van der Waals surface area (Å²) in [7, 11) is 0. The predicted molar refractivity (Wildman–Crippen MR) is 86.4 cm³/mol. The van der Waals surface area contributed by atoms with Crippen LogP contribution in [0.5, 0.6) is 0 Å². The van der Waals surface area contributed by atoms with Crippen molar-refractivity contribution >= 4 is 11.9 Å². The second kappa shape index (κ2) is 8.12. The van der Waals surface area contributed by atoms with Crippen molar-refractivity contribution in [1.82, 2.24) is 15.1 Å². The fraction of sp³-hybridized carbons (Fsp3) is 0.353. The van der Waals surface area contributed by atoms with Gasteiger partial charge in [0.05, 0.1) is 17.4 Å². The molecule has 0 saturated carbocycles. The lowest BCUT2D eigenvalue weighted by Gasteiger charge is -2.12. The number of amides is 1. The third-order valence-corrected chi connectivity index (χ3v) is 3.30. The van der Waals surface area contributed by atoms with Crippen molar-refractivity contribution in [1.29, 1.82) is 0 Å². The first-order valence-corrected chi connectivity index (χ1v) is 7.66. The van der Waals surface area contributed by atoms with Crippen molar-refractivity contribution in [3.63, 3.8) is 0 Å². The molecule has 6 nitrogen and oxygen atoms in total. The van der Waals surface area contributed by atoms with Crippen LogP contribution in [0.15, 0.2) is 42.7 Å². The van der Waals surface area contributed by atoms with E-state index in [-0.39, 0.29) is 18.6 Å². The van der Waals surface area contributed by atoms with Gasteiger partial charge in [-0.25, -0.2) is 9.48 Å². The number of nitrogens with one attached hydrogen (secondary N) is 1. The lowest BCUT2D eigenvalue weighted by molar-refractivity contribution is -0.124. The summed E-state index contributed by atoms with van der Waals surface area (Å²) in [6.45, 7) is 3.68. The smallest absolute Gasteiger partial charge is 0.341 e. The SMILES string of the molecule is CCC[C@@H](C)NC(=O)COC(=O)c1cnn(-c2ccccc2)c1. The van der Waals surface area contributed by atoms with Crippen LogP contribution < -0.4 is 5.32 Å². The normalized spacial score (nSPS) is 11.7. The molecule has 1 heterocycles. The Hall–Kier alpha value is -2.63. The molecule has 0 aliphatic heterocycles. The van der Waals surface area contributed by atoms with Gasteiger partial charge in [-0.1, -0.05) is 31.5 Å². The van der Waals surface area contributed by atoms with E-state index in [9.17, 15) is 9.59 Å². The maximum Gasteiger partial charge on any atom is 0.341 e. The molecule has 1 aromatic heterocycles. The predicted octanol–water partition coefficient (Wildman–Crippen LogP) is 2.33. The Morgan fingerprint density at radius 1 is 1.30 bits per heavy atom. The molecule has 0 aliphatic rings. The largest absolute Gasteiger partial charge is 0.452 e. The van der Waals surface area contributed by atoms with Crippen LogP contribution in [0.25, 0.3) is 5.69 Å². The van der Waals surface area contributed by atoms with Crippen molar-refractivity contribution < 1.29 is 14.3 Å². The summed E-state index contributed by atoms with van der Waals surface area (Å²) in [5.41, 5.74) is 1.15. The minimum Gasteiger partial charge on any atom is -0.452 e. The topological polar surface area (TPSA) is 73.2 Å². The molecule has 1 aromatic carbocycles. The molecule has 122 valence electrons. The average Bonchev–Trinajstić information content (AvgIpc) is 3.03. The highest BCUT2D eigenvalue weighted by atomic mass is 16.5. The Labute approximate surface area is 135 Å². The molecule has 0 fully saturated rings. The molecular weight excluding hydrogens is 294 g/mol. The standard InChI is InChI=1S/C17H21N3O3/c1-3-7-13(2)19-16(21)12-23-17(22)14-10-18-20(11-14)15-8-5-4-6-9-15/h4-6,8-11,13H,3,7,12H2,1-2H3,(H,19,21)/t13-/m1/s1. The van der Waals surface area contributed by atoms with Crippen molar-refractivity contribution in [3.05, 3.63) is 48.3 Å². The molecule has 2 aromatic rings. The Morgan fingerprint density at radius 3 is 2.74 bits per heavy atom. The van der Waals surface area contributed by atoms with E-state index in [1.165, 1.54) is 6.20 Å². The van der Waals surface area contributed by atoms with Crippen LogP contribution in [0.4, 0.5) is 0 Å². The van der Waals surface area contributed by atoms with E-state index in [0.29, 0.717) is 5.56 Å². The van der Waals surface area contributed by atoms with Crippen LogP contribution >= 0.6 is 0 Å². The summed E-state index contributed by atoms with van der Waals surface area (Å²) >= 11 is 0. The highest BCUT2D eigenvalue weighted by Gasteiger charge is 2.14. The third-order valence-electron chi connectivity index (χ3n) is 3.30. The second-order valence-corrected chi connectivity index (χ2v) is 5.34. The van der Waals surface area contributed by atoms with Crippen molar-refractivity contribution in [2.45, 2.75) is 32.7 Å². The highest BCUT2D eigenvalue weighted by molar-refractivity contribution is 5.90. The lowest BCUT2D eigenvalue weighted by Crippen LogP contribution is -2.35. The first-order valence-electron chi connectivity index (χ1n) is 7.66. The molecule has 2 rings (SSSR count). The maximum atomic E-state index is 11.9. The van der Waals surface area contributed by atoms with Gasteiger partial charge >= 0.3 is 5.97 Å². The minimum absolute atomic E-state index is 0.0760. The van der Waals surface area contributed by atoms with Gasteiger partial charge in [0, 0.05) is 12.2 Å². The Balaban J connectivity index is 1.87. The van der Waals surface area contributed by atoms with E-state index >= 15 is 0 Å². The fourth-order valence-electron chi connectivity index (χ4n) is 2.19. The number of hydrogen-bond donors (Lipinski definition) is 1. The third kappa shape index (κ3) is 4.95. The van der Waals surface area contributed by atoms with Gasteiger partial charge in [-0.3, -0.25) is 4.79 Å². The van der Waals surface area contributed by atoms with Gasteiger partial charge in [-0.05, 0) is 25.5 Å². The molecule has 0 spiro atoms. The summed E-state index contributed by atoms with van der Waals surface area (Å²) in [4.78, 5) is 23.6. The Kier molecular flexibility index (Phi) is 5.91. The number of carbonyl (C=O) groups is 2. The summed E-state index contributed by atoms with van der Waals surface area (Å²) in [5, 5.41) is 6.90. The highest BCUT2D eigenvalue weighted by Crippen LogP contribution is 2.08.